The highest BCUT2D eigenvalue weighted by atomic mass is 16.5. The number of aliphatic hydroxyl groups excluding tert-OH is 1. The van der Waals surface area contributed by atoms with Crippen LogP contribution in [-0.4, -0.2) is 30.0 Å². The van der Waals surface area contributed by atoms with Crippen LogP contribution in [-0.2, 0) is 11.3 Å². The summed E-state index contributed by atoms with van der Waals surface area (Å²) in [6.45, 7) is 7.04. The third-order valence-electron chi connectivity index (χ3n) is 3.09. The molecule has 1 rings (SSSR count). The van der Waals surface area contributed by atoms with E-state index in [1.807, 2.05) is 38.1 Å². The molecule has 0 radical (unpaired) electrons. The molecule has 1 unspecified atom stereocenters. The summed E-state index contributed by atoms with van der Waals surface area (Å²) in [4.78, 5) is 0. The van der Waals surface area contributed by atoms with E-state index < -0.39 is 6.10 Å². The number of rotatable bonds is 8. The van der Waals surface area contributed by atoms with Crippen molar-refractivity contribution in [2.75, 3.05) is 13.2 Å². The standard InChI is InChI=1S/C15H25NO3/c1-4-15(2,3)19-11-13(17)10-18-14-7-5-6-12(8-14)9-16/h5-8,13,17H,4,9-11,16H2,1-3H3. The fourth-order valence-corrected chi connectivity index (χ4v) is 1.43. The van der Waals surface area contributed by atoms with E-state index in [4.69, 9.17) is 15.2 Å². The molecule has 0 saturated heterocycles. The van der Waals surface area contributed by atoms with E-state index in [1.165, 1.54) is 0 Å². The van der Waals surface area contributed by atoms with Gasteiger partial charge in [0.2, 0.25) is 0 Å². The molecular formula is C15H25NO3. The lowest BCUT2D eigenvalue weighted by Gasteiger charge is -2.25. The molecule has 3 N–H and O–H groups in total. The van der Waals surface area contributed by atoms with E-state index >= 15 is 0 Å². The molecule has 4 nitrogen and oxygen atoms in total. The van der Waals surface area contributed by atoms with Crippen molar-refractivity contribution < 1.29 is 14.6 Å². The first-order valence-corrected chi connectivity index (χ1v) is 6.70. The molecular weight excluding hydrogens is 242 g/mol. The molecule has 0 heterocycles. The molecule has 1 aromatic rings. The van der Waals surface area contributed by atoms with Crippen molar-refractivity contribution in [3.63, 3.8) is 0 Å². The Morgan fingerprint density at radius 2 is 2.05 bits per heavy atom. The van der Waals surface area contributed by atoms with Crippen LogP contribution >= 0.6 is 0 Å². The normalized spacial score (nSPS) is 13.3. The summed E-state index contributed by atoms with van der Waals surface area (Å²) in [5.41, 5.74) is 6.36. The molecule has 0 aliphatic rings. The summed E-state index contributed by atoms with van der Waals surface area (Å²) < 4.78 is 11.1. The number of aliphatic hydroxyl groups is 1. The van der Waals surface area contributed by atoms with Crippen LogP contribution in [0.5, 0.6) is 5.75 Å². The van der Waals surface area contributed by atoms with Gasteiger partial charge >= 0.3 is 0 Å². The van der Waals surface area contributed by atoms with Gasteiger partial charge in [0.1, 0.15) is 18.5 Å². The van der Waals surface area contributed by atoms with Crippen molar-refractivity contribution >= 4 is 0 Å². The van der Waals surface area contributed by atoms with Gasteiger partial charge < -0.3 is 20.3 Å². The summed E-state index contributed by atoms with van der Waals surface area (Å²) in [6.07, 6.45) is 0.270. The lowest BCUT2D eigenvalue weighted by molar-refractivity contribution is -0.0695. The molecule has 0 spiro atoms. The van der Waals surface area contributed by atoms with Gasteiger partial charge in [-0.1, -0.05) is 19.1 Å². The lowest BCUT2D eigenvalue weighted by atomic mass is 10.1. The Labute approximate surface area is 115 Å². The van der Waals surface area contributed by atoms with Gasteiger partial charge in [-0.2, -0.15) is 0 Å². The molecule has 19 heavy (non-hydrogen) atoms. The topological polar surface area (TPSA) is 64.7 Å². The maximum atomic E-state index is 9.82. The summed E-state index contributed by atoms with van der Waals surface area (Å²) in [7, 11) is 0. The molecule has 0 aliphatic carbocycles. The number of benzene rings is 1. The zero-order chi connectivity index (χ0) is 14.3. The minimum absolute atomic E-state index is 0.208. The third-order valence-corrected chi connectivity index (χ3v) is 3.09. The van der Waals surface area contributed by atoms with Gasteiger partial charge in [0.05, 0.1) is 12.2 Å². The Hall–Kier alpha value is -1.10. The fourth-order valence-electron chi connectivity index (χ4n) is 1.43. The smallest absolute Gasteiger partial charge is 0.119 e. The van der Waals surface area contributed by atoms with E-state index in [0.717, 1.165) is 17.7 Å². The van der Waals surface area contributed by atoms with E-state index in [-0.39, 0.29) is 18.8 Å². The summed E-state index contributed by atoms with van der Waals surface area (Å²) in [5.74, 6) is 0.719. The third kappa shape index (κ3) is 6.05. The van der Waals surface area contributed by atoms with Crippen LogP contribution in [0, 0.1) is 0 Å². The van der Waals surface area contributed by atoms with E-state index in [2.05, 4.69) is 6.92 Å². The molecule has 1 aromatic carbocycles. The fraction of sp³-hybridized carbons (Fsp3) is 0.600. The van der Waals surface area contributed by atoms with Gasteiger partial charge in [-0.15, -0.1) is 0 Å². The van der Waals surface area contributed by atoms with E-state index in [1.54, 1.807) is 0 Å². The maximum Gasteiger partial charge on any atom is 0.119 e. The Morgan fingerprint density at radius 3 is 2.68 bits per heavy atom. The van der Waals surface area contributed by atoms with Crippen molar-refractivity contribution in [1.29, 1.82) is 0 Å². The molecule has 0 aromatic heterocycles. The molecule has 0 fully saturated rings. The van der Waals surface area contributed by atoms with Gasteiger partial charge in [-0.25, -0.2) is 0 Å². The molecule has 4 heteroatoms. The second kappa shape index (κ2) is 7.48. The predicted octanol–water partition coefficient (Wildman–Crippen LogP) is 2.09. The summed E-state index contributed by atoms with van der Waals surface area (Å²) in [5, 5.41) is 9.82. The first-order valence-electron chi connectivity index (χ1n) is 6.70. The van der Waals surface area contributed by atoms with Gasteiger partial charge in [0.25, 0.3) is 0 Å². The largest absolute Gasteiger partial charge is 0.491 e. The zero-order valence-corrected chi connectivity index (χ0v) is 12.1. The minimum atomic E-state index is -0.632. The van der Waals surface area contributed by atoms with Crippen molar-refractivity contribution in [3.8, 4) is 5.75 Å². The highest BCUT2D eigenvalue weighted by molar-refractivity contribution is 5.28. The van der Waals surface area contributed by atoms with E-state index in [9.17, 15) is 5.11 Å². The predicted molar refractivity (Wildman–Crippen MR) is 76.2 cm³/mol. The number of hydrogen-bond donors (Lipinski definition) is 2. The van der Waals surface area contributed by atoms with E-state index in [0.29, 0.717) is 6.54 Å². The Morgan fingerprint density at radius 1 is 1.32 bits per heavy atom. The first-order chi connectivity index (χ1) is 8.96. The average Bonchev–Trinajstić information content (AvgIpc) is 2.43. The monoisotopic (exact) mass is 267 g/mol. The van der Waals surface area contributed by atoms with Crippen LogP contribution in [0.25, 0.3) is 0 Å². The first kappa shape index (κ1) is 16.0. The minimum Gasteiger partial charge on any atom is -0.491 e. The van der Waals surface area contributed by atoms with Crippen LogP contribution in [0.4, 0.5) is 0 Å². The number of hydrogen-bond acceptors (Lipinski definition) is 4. The molecule has 108 valence electrons. The maximum absolute atomic E-state index is 9.82. The summed E-state index contributed by atoms with van der Waals surface area (Å²) in [6, 6.07) is 7.56. The van der Waals surface area contributed by atoms with Gasteiger partial charge in [0.15, 0.2) is 0 Å². The molecule has 0 bridgehead atoms. The van der Waals surface area contributed by atoms with Gasteiger partial charge in [-0.3, -0.25) is 0 Å². The molecule has 0 aliphatic heterocycles. The Kier molecular flexibility index (Phi) is 6.28. The van der Waals surface area contributed by atoms with Crippen molar-refractivity contribution in [3.05, 3.63) is 29.8 Å². The van der Waals surface area contributed by atoms with Crippen LogP contribution in [0.2, 0.25) is 0 Å². The lowest BCUT2D eigenvalue weighted by Crippen LogP contribution is -2.31. The highest BCUT2D eigenvalue weighted by Gasteiger charge is 2.17. The number of nitrogens with two attached hydrogens (primary N) is 1. The zero-order valence-electron chi connectivity index (χ0n) is 12.1. The quantitative estimate of drug-likeness (QED) is 0.757. The molecule has 0 amide bonds. The highest BCUT2D eigenvalue weighted by Crippen LogP contribution is 2.15. The van der Waals surface area contributed by atoms with Crippen molar-refractivity contribution in [2.45, 2.75) is 45.4 Å². The van der Waals surface area contributed by atoms with Crippen molar-refractivity contribution in [2.24, 2.45) is 5.73 Å². The summed E-state index contributed by atoms with van der Waals surface area (Å²) >= 11 is 0. The molecule has 1 atom stereocenters. The second-order valence-electron chi connectivity index (χ2n) is 5.24. The molecule has 0 saturated carbocycles. The second-order valence-corrected chi connectivity index (χ2v) is 5.24. The Bertz CT molecular complexity index is 379. The van der Waals surface area contributed by atoms with Crippen LogP contribution in [0.3, 0.4) is 0 Å². The van der Waals surface area contributed by atoms with Crippen LogP contribution in [0.1, 0.15) is 32.8 Å². The number of ether oxygens (including phenoxy) is 2. The van der Waals surface area contributed by atoms with Gasteiger partial charge in [-0.05, 0) is 38.0 Å². The van der Waals surface area contributed by atoms with Crippen LogP contribution < -0.4 is 10.5 Å². The van der Waals surface area contributed by atoms with Crippen LogP contribution in [0.15, 0.2) is 24.3 Å². The average molecular weight is 267 g/mol. The van der Waals surface area contributed by atoms with Crippen molar-refractivity contribution in [1.82, 2.24) is 0 Å². The SMILES string of the molecule is CCC(C)(C)OCC(O)COc1cccc(CN)c1. The van der Waals surface area contributed by atoms with Gasteiger partial charge in [0, 0.05) is 6.54 Å². The Balaban J connectivity index is 2.35.